The first-order valence-electron chi connectivity index (χ1n) is 8.56. The van der Waals surface area contributed by atoms with Gasteiger partial charge in [-0.2, -0.15) is 4.31 Å². The summed E-state index contributed by atoms with van der Waals surface area (Å²) < 4.78 is 26.8. The molecule has 1 aliphatic carbocycles. The predicted octanol–water partition coefficient (Wildman–Crippen LogP) is 2.11. The fraction of sp³-hybridized carbons (Fsp3) is 0.588. The van der Waals surface area contributed by atoms with Gasteiger partial charge in [-0.25, -0.2) is 8.42 Å². The first-order valence-corrected chi connectivity index (χ1v) is 10.0. The second-order valence-electron chi connectivity index (χ2n) is 6.70. The van der Waals surface area contributed by atoms with Crippen LogP contribution in [0.5, 0.6) is 0 Å². The molecule has 0 amide bonds. The summed E-state index contributed by atoms with van der Waals surface area (Å²) in [5.74, 6) is 1.01. The summed E-state index contributed by atoms with van der Waals surface area (Å²) in [5.41, 5.74) is 6.02. The quantitative estimate of drug-likeness (QED) is 0.400. The van der Waals surface area contributed by atoms with Crippen LogP contribution in [0.2, 0.25) is 0 Å². The molecule has 2 fully saturated rings. The lowest BCUT2D eigenvalue weighted by molar-refractivity contribution is 0.278. The SMILES string of the molecule is CN(C(N)=NCC1CCN(S(=O)(=O)c2ccccc2)CC1)C1CC1.I. The monoisotopic (exact) mass is 478 g/mol. The van der Waals surface area contributed by atoms with Crippen molar-refractivity contribution in [2.24, 2.45) is 16.6 Å². The van der Waals surface area contributed by atoms with Crippen molar-refractivity contribution in [3.8, 4) is 0 Å². The first kappa shape index (κ1) is 20.4. The van der Waals surface area contributed by atoms with Gasteiger partial charge in [0.25, 0.3) is 0 Å². The lowest BCUT2D eigenvalue weighted by Gasteiger charge is -2.30. The molecule has 2 aliphatic rings. The van der Waals surface area contributed by atoms with Gasteiger partial charge < -0.3 is 10.6 Å². The summed E-state index contributed by atoms with van der Waals surface area (Å²) in [7, 11) is -1.38. The number of guanidine groups is 1. The van der Waals surface area contributed by atoms with E-state index in [2.05, 4.69) is 9.89 Å². The minimum absolute atomic E-state index is 0. The maximum atomic E-state index is 12.6. The fourth-order valence-electron chi connectivity index (χ4n) is 3.06. The van der Waals surface area contributed by atoms with E-state index >= 15 is 0 Å². The summed E-state index contributed by atoms with van der Waals surface area (Å²) >= 11 is 0. The number of benzene rings is 1. The van der Waals surface area contributed by atoms with Gasteiger partial charge in [0, 0.05) is 32.7 Å². The van der Waals surface area contributed by atoms with Crippen LogP contribution in [-0.4, -0.2) is 56.3 Å². The van der Waals surface area contributed by atoms with Crippen LogP contribution >= 0.6 is 24.0 Å². The molecule has 1 aromatic rings. The van der Waals surface area contributed by atoms with E-state index in [9.17, 15) is 8.42 Å². The number of rotatable bonds is 5. The van der Waals surface area contributed by atoms with E-state index in [0.29, 0.717) is 42.4 Å². The van der Waals surface area contributed by atoms with E-state index in [-0.39, 0.29) is 24.0 Å². The molecule has 1 aliphatic heterocycles. The molecular formula is C17H27IN4O2S. The molecule has 25 heavy (non-hydrogen) atoms. The zero-order valence-corrected chi connectivity index (χ0v) is 17.7. The molecule has 3 rings (SSSR count). The van der Waals surface area contributed by atoms with Crippen LogP contribution in [0.4, 0.5) is 0 Å². The summed E-state index contributed by atoms with van der Waals surface area (Å²) in [4.78, 5) is 6.93. The van der Waals surface area contributed by atoms with Crippen molar-refractivity contribution >= 4 is 40.0 Å². The van der Waals surface area contributed by atoms with Crippen molar-refractivity contribution in [3.63, 3.8) is 0 Å². The Labute approximate surface area is 167 Å². The Kier molecular flexibility index (Phi) is 7.10. The third-order valence-electron chi connectivity index (χ3n) is 4.92. The molecule has 1 saturated heterocycles. The van der Waals surface area contributed by atoms with Crippen LogP contribution in [0, 0.1) is 5.92 Å². The molecule has 0 spiro atoms. The Balaban J connectivity index is 0.00000225. The largest absolute Gasteiger partial charge is 0.370 e. The first-order chi connectivity index (χ1) is 11.5. The molecule has 0 aromatic heterocycles. The lowest BCUT2D eigenvalue weighted by atomic mass is 9.98. The van der Waals surface area contributed by atoms with Crippen molar-refractivity contribution < 1.29 is 8.42 Å². The highest BCUT2D eigenvalue weighted by molar-refractivity contribution is 14.0. The maximum absolute atomic E-state index is 12.6. The van der Waals surface area contributed by atoms with Crippen molar-refractivity contribution in [1.82, 2.24) is 9.21 Å². The van der Waals surface area contributed by atoms with Gasteiger partial charge in [0.1, 0.15) is 0 Å². The molecule has 0 atom stereocenters. The molecular weight excluding hydrogens is 451 g/mol. The highest BCUT2D eigenvalue weighted by Crippen LogP contribution is 2.26. The van der Waals surface area contributed by atoms with Gasteiger partial charge in [0.05, 0.1) is 4.90 Å². The Morgan fingerprint density at radius 3 is 2.36 bits per heavy atom. The Morgan fingerprint density at radius 2 is 1.80 bits per heavy atom. The van der Waals surface area contributed by atoms with Gasteiger partial charge in [-0.05, 0) is 43.7 Å². The Hall–Kier alpha value is -0.870. The minimum atomic E-state index is -3.37. The number of nitrogens with two attached hydrogens (primary N) is 1. The maximum Gasteiger partial charge on any atom is 0.243 e. The minimum Gasteiger partial charge on any atom is -0.370 e. The standard InChI is InChI=1S/C17H26N4O2S.HI/c1-20(15-7-8-15)17(18)19-13-14-9-11-21(12-10-14)24(22,23)16-5-3-2-4-6-16;/h2-6,14-15H,7-13H2,1H3,(H2,18,19);1H. The predicted molar refractivity (Wildman–Crippen MR) is 111 cm³/mol. The van der Waals surface area contributed by atoms with Crippen molar-refractivity contribution in [2.75, 3.05) is 26.7 Å². The second kappa shape index (κ2) is 8.68. The van der Waals surface area contributed by atoms with Gasteiger partial charge in [-0.1, -0.05) is 18.2 Å². The summed E-state index contributed by atoms with van der Waals surface area (Å²) in [6.07, 6.45) is 4.05. The molecule has 1 heterocycles. The molecule has 1 aromatic carbocycles. The molecule has 0 unspecified atom stereocenters. The molecule has 140 valence electrons. The van der Waals surface area contributed by atoms with E-state index in [4.69, 9.17) is 5.73 Å². The Bertz CT molecular complexity index is 684. The van der Waals surface area contributed by atoms with Crippen molar-refractivity contribution in [3.05, 3.63) is 30.3 Å². The van der Waals surface area contributed by atoms with Gasteiger partial charge in [0.15, 0.2) is 5.96 Å². The highest BCUT2D eigenvalue weighted by atomic mass is 127. The Morgan fingerprint density at radius 1 is 1.20 bits per heavy atom. The van der Waals surface area contributed by atoms with Crippen LogP contribution in [-0.2, 0) is 10.0 Å². The summed E-state index contributed by atoms with van der Waals surface area (Å²) in [6.45, 7) is 1.79. The van der Waals surface area contributed by atoms with E-state index in [1.54, 1.807) is 28.6 Å². The summed E-state index contributed by atoms with van der Waals surface area (Å²) in [6, 6.07) is 9.21. The average molecular weight is 478 g/mol. The zero-order chi connectivity index (χ0) is 17.2. The van der Waals surface area contributed by atoms with E-state index in [1.165, 1.54) is 12.8 Å². The molecule has 1 saturated carbocycles. The van der Waals surface area contributed by atoms with Crippen molar-refractivity contribution in [2.45, 2.75) is 36.6 Å². The molecule has 2 N–H and O–H groups in total. The van der Waals surface area contributed by atoms with E-state index in [1.807, 2.05) is 13.1 Å². The van der Waals surface area contributed by atoms with Crippen LogP contribution in [0.25, 0.3) is 0 Å². The molecule has 6 nitrogen and oxygen atoms in total. The summed E-state index contributed by atoms with van der Waals surface area (Å²) in [5, 5.41) is 0. The van der Waals surface area contributed by atoms with E-state index < -0.39 is 10.0 Å². The number of aliphatic imine (C=N–C) groups is 1. The van der Waals surface area contributed by atoms with Gasteiger partial charge in [-0.3, -0.25) is 4.99 Å². The number of nitrogens with zero attached hydrogens (tertiary/aromatic N) is 3. The fourth-order valence-corrected chi connectivity index (χ4v) is 4.55. The number of halogens is 1. The number of hydrogen-bond donors (Lipinski definition) is 1. The number of piperidine rings is 1. The molecule has 0 bridgehead atoms. The third-order valence-corrected chi connectivity index (χ3v) is 6.83. The average Bonchev–Trinajstić information content (AvgIpc) is 3.45. The van der Waals surface area contributed by atoms with Crippen molar-refractivity contribution in [1.29, 1.82) is 0 Å². The smallest absolute Gasteiger partial charge is 0.243 e. The van der Waals surface area contributed by atoms with Gasteiger partial charge in [0.2, 0.25) is 10.0 Å². The normalized spacial score (nSPS) is 20.1. The second-order valence-corrected chi connectivity index (χ2v) is 8.64. The third kappa shape index (κ3) is 5.07. The topological polar surface area (TPSA) is 79.0 Å². The van der Waals surface area contributed by atoms with Crippen LogP contribution in [0.1, 0.15) is 25.7 Å². The zero-order valence-electron chi connectivity index (χ0n) is 14.5. The van der Waals surface area contributed by atoms with Crippen LogP contribution < -0.4 is 5.73 Å². The van der Waals surface area contributed by atoms with Crippen LogP contribution in [0.15, 0.2) is 40.2 Å². The van der Waals surface area contributed by atoms with Gasteiger partial charge >= 0.3 is 0 Å². The van der Waals surface area contributed by atoms with E-state index in [0.717, 1.165) is 12.8 Å². The molecule has 8 heteroatoms. The highest BCUT2D eigenvalue weighted by Gasteiger charge is 2.30. The lowest BCUT2D eigenvalue weighted by Crippen LogP contribution is -2.40. The molecule has 0 radical (unpaired) electrons. The number of sulfonamides is 1. The number of hydrogen-bond acceptors (Lipinski definition) is 3. The van der Waals surface area contributed by atoms with Gasteiger partial charge in [-0.15, -0.1) is 24.0 Å². The van der Waals surface area contributed by atoms with Crippen LogP contribution in [0.3, 0.4) is 0 Å².